The Morgan fingerprint density at radius 1 is 1.24 bits per heavy atom. The fourth-order valence-corrected chi connectivity index (χ4v) is 3.86. The first-order valence-electron chi connectivity index (χ1n) is 8.80. The molecule has 4 nitrogen and oxygen atoms in total. The maximum Gasteiger partial charge on any atom is 0.227 e. The highest BCUT2D eigenvalue weighted by Gasteiger charge is 2.42. The minimum Gasteiger partial charge on any atom is -0.363 e. The fraction of sp³-hybridized carbons (Fsp3) is 0.400. The van der Waals surface area contributed by atoms with Crippen molar-refractivity contribution in [1.29, 1.82) is 0 Å². The summed E-state index contributed by atoms with van der Waals surface area (Å²) in [6.07, 6.45) is 3.28. The Bertz CT molecular complexity index is 805. The highest BCUT2D eigenvalue weighted by Crippen LogP contribution is 2.36. The van der Waals surface area contributed by atoms with Crippen molar-refractivity contribution < 1.29 is 9.18 Å². The third-order valence-electron chi connectivity index (χ3n) is 5.35. The number of likely N-dealkylation sites (tertiary alicyclic amines) is 1. The molecule has 0 saturated carbocycles. The van der Waals surface area contributed by atoms with Crippen molar-refractivity contribution in [2.24, 2.45) is 0 Å². The predicted molar refractivity (Wildman–Crippen MR) is 94.9 cm³/mol. The number of benzene rings is 1. The number of hydrogen-bond donors (Lipinski definition) is 1. The van der Waals surface area contributed by atoms with Gasteiger partial charge in [-0.3, -0.25) is 4.79 Å². The van der Waals surface area contributed by atoms with Crippen LogP contribution in [0.2, 0.25) is 0 Å². The van der Waals surface area contributed by atoms with Gasteiger partial charge in [-0.1, -0.05) is 18.2 Å². The van der Waals surface area contributed by atoms with E-state index in [1.165, 1.54) is 17.7 Å². The maximum atomic E-state index is 13.0. The maximum absolute atomic E-state index is 13.0. The largest absolute Gasteiger partial charge is 0.363 e. The normalized spacial score (nSPS) is 21.9. The van der Waals surface area contributed by atoms with Crippen molar-refractivity contribution in [3.05, 3.63) is 59.0 Å². The fourth-order valence-electron chi connectivity index (χ4n) is 3.86. The Kier molecular flexibility index (Phi) is 3.94. The average molecular weight is 339 g/mol. The van der Waals surface area contributed by atoms with Crippen LogP contribution in [0.15, 0.2) is 36.4 Å². The molecular weight excluding hydrogens is 317 g/mol. The Hall–Kier alpha value is -2.43. The lowest BCUT2D eigenvalue weighted by Crippen LogP contribution is -2.45. The van der Waals surface area contributed by atoms with Crippen LogP contribution < -0.4 is 5.32 Å². The lowest BCUT2D eigenvalue weighted by Gasteiger charge is -2.36. The van der Waals surface area contributed by atoms with Gasteiger partial charge in [-0.15, -0.1) is 0 Å². The lowest BCUT2D eigenvalue weighted by atomic mass is 9.86. The molecule has 2 aliphatic rings. The van der Waals surface area contributed by atoms with Crippen molar-refractivity contribution in [3.63, 3.8) is 0 Å². The molecule has 1 aromatic carbocycles. The number of nitrogens with zero attached hydrogens (tertiary/aromatic N) is 2. The number of hydrogen-bond acceptors (Lipinski definition) is 3. The van der Waals surface area contributed by atoms with E-state index in [0.717, 1.165) is 42.9 Å². The van der Waals surface area contributed by atoms with Crippen LogP contribution in [0, 0.1) is 12.7 Å². The number of carbonyl (C=O) groups excluding carboxylic acids is 1. The topological polar surface area (TPSA) is 45.2 Å². The first kappa shape index (κ1) is 16.1. The molecule has 0 unspecified atom stereocenters. The number of anilines is 1. The van der Waals surface area contributed by atoms with Gasteiger partial charge in [0.15, 0.2) is 0 Å². The van der Waals surface area contributed by atoms with Crippen LogP contribution in [-0.2, 0) is 17.6 Å². The third-order valence-corrected chi connectivity index (χ3v) is 5.35. The summed E-state index contributed by atoms with van der Waals surface area (Å²) in [6, 6.07) is 10.4. The van der Waals surface area contributed by atoms with E-state index < -0.39 is 0 Å². The molecule has 2 aromatic rings. The number of aryl methyl sites for hydroxylation is 2. The summed E-state index contributed by atoms with van der Waals surface area (Å²) in [6.45, 7) is 3.46. The van der Waals surface area contributed by atoms with Gasteiger partial charge in [-0.05, 0) is 55.5 Å². The minimum absolute atomic E-state index is 0.0632. The molecule has 1 saturated heterocycles. The lowest BCUT2D eigenvalue weighted by molar-refractivity contribution is -0.129. The van der Waals surface area contributed by atoms with Crippen LogP contribution in [0.5, 0.6) is 0 Å². The highest BCUT2D eigenvalue weighted by atomic mass is 19.1. The summed E-state index contributed by atoms with van der Waals surface area (Å²) < 4.78 is 13.0. The zero-order chi connectivity index (χ0) is 17.4. The zero-order valence-corrected chi connectivity index (χ0v) is 14.4. The summed E-state index contributed by atoms with van der Waals surface area (Å²) in [5.74, 6) is 0.802. The highest BCUT2D eigenvalue weighted by molar-refractivity contribution is 5.79. The van der Waals surface area contributed by atoms with Crippen molar-refractivity contribution >= 4 is 11.7 Å². The van der Waals surface area contributed by atoms with E-state index in [-0.39, 0.29) is 17.3 Å². The third kappa shape index (κ3) is 3.23. The van der Waals surface area contributed by atoms with Gasteiger partial charge in [0.25, 0.3) is 0 Å². The van der Waals surface area contributed by atoms with Gasteiger partial charge < -0.3 is 10.2 Å². The van der Waals surface area contributed by atoms with Crippen LogP contribution in [-0.4, -0.2) is 34.4 Å². The molecule has 1 aromatic heterocycles. The minimum atomic E-state index is -0.274. The Labute approximate surface area is 147 Å². The molecule has 1 spiro atoms. The monoisotopic (exact) mass is 339 g/mol. The quantitative estimate of drug-likeness (QED) is 0.914. The van der Waals surface area contributed by atoms with E-state index >= 15 is 0 Å². The molecule has 4 rings (SSSR count). The van der Waals surface area contributed by atoms with Crippen molar-refractivity contribution in [3.8, 4) is 0 Å². The summed E-state index contributed by atoms with van der Waals surface area (Å²) in [5.41, 5.74) is 3.05. The molecule has 0 radical (unpaired) electrons. The first-order valence-corrected chi connectivity index (χ1v) is 8.80. The van der Waals surface area contributed by atoms with Crippen LogP contribution in [0.25, 0.3) is 0 Å². The number of halogens is 1. The van der Waals surface area contributed by atoms with Crippen LogP contribution in [0.3, 0.4) is 0 Å². The first-order chi connectivity index (χ1) is 12.0. The predicted octanol–water partition coefficient (Wildman–Crippen LogP) is 3.10. The molecule has 5 heteroatoms. The molecule has 130 valence electrons. The molecular formula is C20H22FN3O. The second kappa shape index (κ2) is 6.14. The molecule has 1 fully saturated rings. The van der Waals surface area contributed by atoms with Crippen LogP contribution in [0.1, 0.15) is 29.7 Å². The van der Waals surface area contributed by atoms with E-state index in [4.69, 9.17) is 0 Å². The van der Waals surface area contributed by atoms with Gasteiger partial charge in [0.2, 0.25) is 5.91 Å². The molecule has 1 atom stereocenters. The SMILES string of the molecule is Cc1ccc2c(n1)N[C@@]1(CC2)CCN(C(=O)Cc2ccc(F)cc2)C1. The number of pyridine rings is 1. The summed E-state index contributed by atoms with van der Waals surface area (Å²) >= 11 is 0. The van der Waals surface area contributed by atoms with Crippen molar-refractivity contribution in [1.82, 2.24) is 9.88 Å². The summed E-state index contributed by atoms with van der Waals surface area (Å²) in [7, 11) is 0. The molecule has 1 N–H and O–H groups in total. The molecule has 1 amide bonds. The standard InChI is InChI=1S/C20H22FN3O/c1-14-2-5-16-8-9-20(23-19(16)22-14)10-11-24(13-20)18(25)12-15-3-6-17(21)7-4-15/h2-7H,8-13H2,1H3,(H,22,23)/t20-/m0/s1. The van der Waals surface area contributed by atoms with Crippen molar-refractivity contribution in [2.45, 2.75) is 38.1 Å². The van der Waals surface area contributed by atoms with E-state index in [2.05, 4.69) is 16.4 Å². The Balaban J connectivity index is 1.44. The second-order valence-corrected chi connectivity index (χ2v) is 7.23. The van der Waals surface area contributed by atoms with E-state index in [1.54, 1.807) is 12.1 Å². The number of fused-ring (bicyclic) bond motifs is 1. The summed E-state index contributed by atoms with van der Waals surface area (Å²) in [4.78, 5) is 19.2. The second-order valence-electron chi connectivity index (χ2n) is 7.23. The Morgan fingerprint density at radius 3 is 2.84 bits per heavy atom. The van der Waals surface area contributed by atoms with Crippen LogP contribution >= 0.6 is 0 Å². The van der Waals surface area contributed by atoms with Gasteiger partial charge in [-0.2, -0.15) is 0 Å². The molecule has 25 heavy (non-hydrogen) atoms. The van der Waals surface area contributed by atoms with Crippen LogP contribution in [0.4, 0.5) is 10.2 Å². The van der Waals surface area contributed by atoms with Gasteiger partial charge in [0.05, 0.1) is 12.0 Å². The van der Waals surface area contributed by atoms with Gasteiger partial charge in [0.1, 0.15) is 11.6 Å². The summed E-state index contributed by atoms with van der Waals surface area (Å²) in [5, 5.41) is 3.61. The van der Waals surface area contributed by atoms with E-state index in [9.17, 15) is 9.18 Å². The zero-order valence-electron chi connectivity index (χ0n) is 14.4. The van der Waals surface area contributed by atoms with E-state index in [1.807, 2.05) is 17.9 Å². The average Bonchev–Trinajstić information content (AvgIpc) is 3.00. The number of aromatic nitrogens is 1. The number of nitrogens with one attached hydrogen (secondary N) is 1. The molecule has 0 aliphatic carbocycles. The van der Waals surface area contributed by atoms with E-state index in [0.29, 0.717) is 13.0 Å². The van der Waals surface area contributed by atoms with Gasteiger partial charge >= 0.3 is 0 Å². The number of rotatable bonds is 2. The van der Waals surface area contributed by atoms with Crippen molar-refractivity contribution in [2.75, 3.05) is 18.4 Å². The number of carbonyl (C=O) groups is 1. The molecule has 3 heterocycles. The molecule has 2 aliphatic heterocycles. The Morgan fingerprint density at radius 2 is 2.04 bits per heavy atom. The number of amides is 1. The van der Waals surface area contributed by atoms with Gasteiger partial charge in [-0.25, -0.2) is 9.37 Å². The molecule has 0 bridgehead atoms. The van der Waals surface area contributed by atoms with Gasteiger partial charge in [0, 0.05) is 18.8 Å². The smallest absolute Gasteiger partial charge is 0.227 e.